The molecule has 0 aliphatic rings. The molecule has 84 valence electrons. The van der Waals surface area contributed by atoms with E-state index in [1.54, 1.807) is 18.5 Å². The Balaban J connectivity index is 2.02. The number of nitrogen functional groups attached to an aromatic ring is 1. The van der Waals surface area contributed by atoms with Gasteiger partial charge in [0.2, 0.25) is 11.6 Å². The van der Waals surface area contributed by atoms with Gasteiger partial charge in [-0.15, -0.1) is 0 Å². The van der Waals surface area contributed by atoms with Crippen molar-refractivity contribution in [1.82, 2.24) is 30.3 Å². The maximum Gasteiger partial charge on any atom is 0.263 e. The molecule has 3 aromatic rings. The molecule has 0 aliphatic heterocycles. The number of nitrogens with zero attached hydrogens (tertiary/aromatic N) is 5. The highest BCUT2D eigenvalue weighted by atomic mass is 16.5. The average molecular weight is 229 g/mol. The highest BCUT2D eigenvalue weighted by Crippen LogP contribution is 2.23. The highest BCUT2D eigenvalue weighted by Gasteiger charge is 2.15. The van der Waals surface area contributed by atoms with Crippen molar-refractivity contribution in [2.45, 2.75) is 0 Å². The third-order valence-corrected chi connectivity index (χ3v) is 2.09. The van der Waals surface area contributed by atoms with E-state index in [0.717, 1.165) is 0 Å². The van der Waals surface area contributed by atoms with Crippen LogP contribution in [0, 0.1) is 0 Å². The minimum Gasteiger partial charge on any atom is -0.383 e. The van der Waals surface area contributed by atoms with Gasteiger partial charge in [0, 0.05) is 12.4 Å². The standard InChI is InChI=1S/C9H7N7O/c10-6-5(4-13-15-6)9-14-8(16-17-9)7-11-2-1-3-12-7/h1-4H,(H3,10,13,15). The zero-order valence-corrected chi connectivity index (χ0v) is 8.53. The molecule has 0 unspecified atom stereocenters. The van der Waals surface area contributed by atoms with Crippen LogP contribution >= 0.6 is 0 Å². The molecular weight excluding hydrogens is 222 g/mol. The minimum absolute atomic E-state index is 0.277. The van der Waals surface area contributed by atoms with Gasteiger partial charge < -0.3 is 10.3 Å². The molecule has 3 heterocycles. The second-order valence-electron chi connectivity index (χ2n) is 3.19. The molecule has 0 aliphatic carbocycles. The van der Waals surface area contributed by atoms with Crippen LogP contribution in [0.25, 0.3) is 23.1 Å². The van der Waals surface area contributed by atoms with Crippen molar-refractivity contribution in [3.8, 4) is 23.1 Å². The molecule has 0 bridgehead atoms. The van der Waals surface area contributed by atoms with E-state index in [4.69, 9.17) is 10.3 Å². The molecule has 0 amide bonds. The Morgan fingerprint density at radius 1 is 1.18 bits per heavy atom. The molecule has 0 radical (unpaired) electrons. The number of nitrogens with one attached hydrogen (secondary N) is 1. The van der Waals surface area contributed by atoms with Crippen LogP contribution in [0.5, 0.6) is 0 Å². The fraction of sp³-hybridized carbons (Fsp3) is 0. The van der Waals surface area contributed by atoms with Gasteiger partial charge in [-0.1, -0.05) is 5.16 Å². The van der Waals surface area contributed by atoms with Crippen LogP contribution < -0.4 is 5.73 Å². The number of anilines is 1. The zero-order valence-electron chi connectivity index (χ0n) is 8.53. The molecule has 8 heteroatoms. The molecule has 0 fully saturated rings. The molecule has 17 heavy (non-hydrogen) atoms. The predicted octanol–water partition coefficient (Wildman–Crippen LogP) is 0.499. The van der Waals surface area contributed by atoms with Crippen LogP contribution in [-0.2, 0) is 0 Å². The lowest BCUT2D eigenvalue weighted by atomic mass is 10.3. The Labute approximate surface area is 94.9 Å². The Hall–Kier alpha value is -2.77. The number of aromatic amines is 1. The van der Waals surface area contributed by atoms with Crippen molar-refractivity contribution in [2.24, 2.45) is 0 Å². The van der Waals surface area contributed by atoms with E-state index in [1.165, 1.54) is 6.20 Å². The number of H-pyrrole nitrogens is 1. The molecule has 0 saturated heterocycles. The zero-order chi connectivity index (χ0) is 11.7. The summed E-state index contributed by atoms with van der Waals surface area (Å²) in [4.78, 5) is 12.2. The van der Waals surface area contributed by atoms with E-state index in [0.29, 0.717) is 23.0 Å². The fourth-order valence-electron chi connectivity index (χ4n) is 1.30. The molecule has 0 aromatic carbocycles. The number of aromatic nitrogens is 6. The van der Waals surface area contributed by atoms with E-state index >= 15 is 0 Å². The largest absolute Gasteiger partial charge is 0.383 e. The van der Waals surface area contributed by atoms with Crippen molar-refractivity contribution in [3.63, 3.8) is 0 Å². The van der Waals surface area contributed by atoms with Crippen molar-refractivity contribution in [2.75, 3.05) is 5.73 Å². The lowest BCUT2D eigenvalue weighted by Crippen LogP contribution is -1.89. The van der Waals surface area contributed by atoms with Crippen LogP contribution in [-0.4, -0.2) is 30.3 Å². The number of nitrogens with two attached hydrogens (primary N) is 1. The van der Waals surface area contributed by atoms with E-state index in [1.807, 2.05) is 0 Å². The van der Waals surface area contributed by atoms with Gasteiger partial charge in [-0.05, 0) is 6.07 Å². The summed E-state index contributed by atoms with van der Waals surface area (Å²) in [6.07, 6.45) is 4.72. The van der Waals surface area contributed by atoms with Gasteiger partial charge in [-0.3, -0.25) is 5.10 Å². The monoisotopic (exact) mass is 229 g/mol. The smallest absolute Gasteiger partial charge is 0.263 e. The van der Waals surface area contributed by atoms with Crippen LogP contribution in [0.1, 0.15) is 0 Å². The summed E-state index contributed by atoms with van der Waals surface area (Å²) in [5, 5.41) is 10.1. The topological polar surface area (TPSA) is 119 Å². The average Bonchev–Trinajstić information content (AvgIpc) is 2.98. The van der Waals surface area contributed by atoms with Crippen molar-refractivity contribution < 1.29 is 4.52 Å². The van der Waals surface area contributed by atoms with Gasteiger partial charge in [0.15, 0.2) is 0 Å². The van der Waals surface area contributed by atoms with Crippen molar-refractivity contribution in [3.05, 3.63) is 24.7 Å². The number of rotatable bonds is 2. The number of hydrogen-bond acceptors (Lipinski definition) is 7. The van der Waals surface area contributed by atoms with Crippen LogP contribution in [0.3, 0.4) is 0 Å². The minimum atomic E-state index is 0.277. The lowest BCUT2D eigenvalue weighted by molar-refractivity contribution is 0.432. The summed E-state index contributed by atoms with van der Waals surface area (Å²) in [5.41, 5.74) is 6.20. The summed E-state index contributed by atoms with van der Waals surface area (Å²) in [6, 6.07) is 1.71. The van der Waals surface area contributed by atoms with E-state index in [-0.39, 0.29) is 5.89 Å². The normalized spacial score (nSPS) is 10.6. The maximum absolute atomic E-state index is 5.64. The molecule has 0 atom stereocenters. The van der Waals surface area contributed by atoms with Gasteiger partial charge in [0.1, 0.15) is 11.4 Å². The molecular formula is C9H7N7O. The van der Waals surface area contributed by atoms with E-state index < -0.39 is 0 Å². The first-order valence-electron chi connectivity index (χ1n) is 4.75. The predicted molar refractivity (Wildman–Crippen MR) is 57.3 cm³/mol. The summed E-state index contributed by atoms with van der Waals surface area (Å²) in [7, 11) is 0. The maximum atomic E-state index is 5.64. The van der Waals surface area contributed by atoms with E-state index in [2.05, 4.69) is 30.3 Å². The Bertz CT molecular complexity index is 630. The van der Waals surface area contributed by atoms with Gasteiger partial charge >= 0.3 is 0 Å². The SMILES string of the molecule is Nc1[nH]ncc1-c1nc(-c2ncccn2)no1. The molecule has 0 spiro atoms. The summed E-state index contributed by atoms with van der Waals surface area (Å²) in [5.74, 6) is 1.35. The van der Waals surface area contributed by atoms with Gasteiger partial charge in [-0.2, -0.15) is 10.1 Å². The molecule has 8 nitrogen and oxygen atoms in total. The summed E-state index contributed by atoms with van der Waals surface area (Å²) in [6.45, 7) is 0. The summed E-state index contributed by atoms with van der Waals surface area (Å²) < 4.78 is 5.06. The van der Waals surface area contributed by atoms with Crippen LogP contribution in [0.2, 0.25) is 0 Å². The van der Waals surface area contributed by atoms with E-state index in [9.17, 15) is 0 Å². The molecule has 3 aromatic heterocycles. The van der Waals surface area contributed by atoms with Crippen LogP contribution in [0.4, 0.5) is 5.82 Å². The van der Waals surface area contributed by atoms with Gasteiger partial charge in [0.05, 0.1) is 6.20 Å². The van der Waals surface area contributed by atoms with Crippen molar-refractivity contribution >= 4 is 5.82 Å². The third kappa shape index (κ3) is 1.61. The highest BCUT2D eigenvalue weighted by molar-refractivity contribution is 5.66. The van der Waals surface area contributed by atoms with Gasteiger partial charge in [-0.25, -0.2) is 9.97 Å². The fourth-order valence-corrected chi connectivity index (χ4v) is 1.30. The second kappa shape index (κ2) is 3.67. The quantitative estimate of drug-likeness (QED) is 0.656. The van der Waals surface area contributed by atoms with Crippen molar-refractivity contribution in [1.29, 1.82) is 0 Å². The molecule has 3 rings (SSSR count). The van der Waals surface area contributed by atoms with Gasteiger partial charge in [0.25, 0.3) is 5.89 Å². The Kier molecular flexibility index (Phi) is 2.04. The molecule has 3 N–H and O–H groups in total. The third-order valence-electron chi connectivity index (χ3n) is 2.09. The first kappa shape index (κ1) is 9.46. The Morgan fingerprint density at radius 3 is 2.71 bits per heavy atom. The Morgan fingerprint density at radius 2 is 2.00 bits per heavy atom. The summed E-state index contributed by atoms with van der Waals surface area (Å²) >= 11 is 0. The first-order valence-corrected chi connectivity index (χ1v) is 4.75. The van der Waals surface area contributed by atoms with Crippen LogP contribution in [0.15, 0.2) is 29.2 Å². The lowest BCUT2D eigenvalue weighted by Gasteiger charge is -1.89. The first-order chi connectivity index (χ1) is 8.34. The molecule has 0 saturated carbocycles. The second-order valence-corrected chi connectivity index (χ2v) is 3.19. The number of hydrogen-bond donors (Lipinski definition) is 2.